The Morgan fingerprint density at radius 2 is 1.89 bits per heavy atom. The van der Waals surface area contributed by atoms with Gasteiger partial charge in [-0.25, -0.2) is 0 Å². The number of unbranched alkanes of at least 4 members (excludes halogenated alkanes) is 2. The van der Waals surface area contributed by atoms with E-state index in [1.807, 2.05) is 27.0 Å². The Labute approximate surface area is 110 Å². The lowest BCUT2D eigenvalue weighted by molar-refractivity contribution is 0.0792. The van der Waals surface area contributed by atoms with E-state index >= 15 is 0 Å². The molecule has 1 aromatic carbocycles. The van der Waals surface area contributed by atoms with Gasteiger partial charge in [-0.15, -0.1) is 0 Å². The van der Waals surface area contributed by atoms with E-state index in [4.69, 9.17) is 5.73 Å². The van der Waals surface area contributed by atoms with E-state index in [0.29, 0.717) is 5.69 Å². The fourth-order valence-electron chi connectivity index (χ4n) is 2.01. The zero-order valence-corrected chi connectivity index (χ0v) is 11.9. The second kappa shape index (κ2) is 6.43. The summed E-state index contributed by atoms with van der Waals surface area (Å²) < 4.78 is 0. The lowest BCUT2D eigenvalue weighted by Crippen LogP contribution is -2.28. The molecule has 0 aliphatic rings. The summed E-state index contributed by atoms with van der Waals surface area (Å²) in [5.41, 5.74) is 9.30. The molecule has 1 aromatic rings. The Bertz CT molecular complexity index is 427. The van der Waals surface area contributed by atoms with Crippen LogP contribution in [0.2, 0.25) is 0 Å². The summed E-state index contributed by atoms with van der Waals surface area (Å²) in [5, 5.41) is 0. The van der Waals surface area contributed by atoms with E-state index in [-0.39, 0.29) is 5.91 Å². The molecule has 0 bridgehead atoms. The topological polar surface area (TPSA) is 46.3 Å². The molecule has 0 saturated heterocycles. The van der Waals surface area contributed by atoms with E-state index in [1.165, 1.54) is 6.42 Å². The fraction of sp³-hybridized carbons (Fsp3) is 0.533. The van der Waals surface area contributed by atoms with Crippen LogP contribution < -0.4 is 5.73 Å². The van der Waals surface area contributed by atoms with Gasteiger partial charge in [-0.05, 0) is 37.5 Å². The van der Waals surface area contributed by atoms with Crippen molar-refractivity contribution in [1.29, 1.82) is 0 Å². The maximum atomic E-state index is 12.3. The number of aryl methyl sites for hydroxylation is 2. The largest absolute Gasteiger partial charge is 0.398 e. The smallest absolute Gasteiger partial charge is 0.253 e. The number of carbonyl (C=O) groups excluding carboxylic acids is 1. The molecule has 18 heavy (non-hydrogen) atoms. The predicted octanol–water partition coefficient (Wildman–Crippen LogP) is 3.15. The van der Waals surface area contributed by atoms with Crippen molar-refractivity contribution in [2.24, 2.45) is 0 Å². The summed E-state index contributed by atoms with van der Waals surface area (Å²) >= 11 is 0. The number of hydrogen-bond acceptors (Lipinski definition) is 2. The van der Waals surface area contributed by atoms with Crippen molar-refractivity contribution in [3.63, 3.8) is 0 Å². The van der Waals surface area contributed by atoms with E-state index in [2.05, 4.69) is 6.92 Å². The van der Waals surface area contributed by atoms with Crippen LogP contribution in [0.5, 0.6) is 0 Å². The Morgan fingerprint density at radius 1 is 1.22 bits per heavy atom. The Morgan fingerprint density at radius 3 is 2.50 bits per heavy atom. The van der Waals surface area contributed by atoms with Crippen molar-refractivity contribution in [1.82, 2.24) is 4.90 Å². The standard InChI is InChI=1S/C15H24N2O/c1-5-6-7-8-17(4)15(18)13-10-14(16)12(3)9-11(13)2/h9-10H,5-8,16H2,1-4H3. The molecule has 0 atom stereocenters. The van der Waals surface area contributed by atoms with E-state index in [0.717, 1.165) is 36.1 Å². The monoisotopic (exact) mass is 248 g/mol. The SMILES string of the molecule is CCCCCN(C)C(=O)c1cc(N)c(C)cc1C. The third-order valence-electron chi connectivity index (χ3n) is 3.29. The first-order valence-electron chi connectivity index (χ1n) is 6.59. The lowest BCUT2D eigenvalue weighted by Gasteiger charge is -2.19. The zero-order valence-electron chi connectivity index (χ0n) is 11.9. The van der Waals surface area contributed by atoms with Crippen LogP contribution in [-0.2, 0) is 0 Å². The molecule has 0 unspecified atom stereocenters. The molecule has 0 heterocycles. The summed E-state index contributed by atoms with van der Waals surface area (Å²) in [6, 6.07) is 3.77. The molecule has 0 fully saturated rings. The molecule has 2 N–H and O–H groups in total. The van der Waals surface area contributed by atoms with E-state index in [1.54, 1.807) is 11.0 Å². The first kappa shape index (κ1) is 14.6. The molecule has 0 saturated carbocycles. The lowest BCUT2D eigenvalue weighted by atomic mass is 10.0. The van der Waals surface area contributed by atoms with Crippen molar-refractivity contribution in [3.05, 3.63) is 28.8 Å². The maximum absolute atomic E-state index is 12.3. The number of nitrogens with zero attached hydrogens (tertiary/aromatic N) is 1. The second-order valence-corrected chi connectivity index (χ2v) is 4.96. The number of benzene rings is 1. The summed E-state index contributed by atoms with van der Waals surface area (Å²) in [5.74, 6) is 0.0651. The van der Waals surface area contributed by atoms with Gasteiger partial charge in [0.25, 0.3) is 5.91 Å². The van der Waals surface area contributed by atoms with Crippen molar-refractivity contribution in [2.45, 2.75) is 40.0 Å². The number of amides is 1. The van der Waals surface area contributed by atoms with Crippen LogP contribution in [0.15, 0.2) is 12.1 Å². The predicted molar refractivity (Wildman–Crippen MR) is 76.8 cm³/mol. The Kier molecular flexibility index (Phi) is 5.20. The summed E-state index contributed by atoms with van der Waals surface area (Å²) in [6.07, 6.45) is 3.38. The van der Waals surface area contributed by atoms with Crippen LogP contribution in [0.3, 0.4) is 0 Å². The molecule has 0 aliphatic heterocycles. The van der Waals surface area contributed by atoms with Gasteiger partial charge in [0.15, 0.2) is 0 Å². The van der Waals surface area contributed by atoms with Crippen LogP contribution in [0.1, 0.15) is 47.7 Å². The highest BCUT2D eigenvalue weighted by molar-refractivity contribution is 5.96. The minimum absolute atomic E-state index is 0.0651. The Hall–Kier alpha value is -1.51. The molecule has 3 nitrogen and oxygen atoms in total. The maximum Gasteiger partial charge on any atom is 0.253 e. The van der Waals surface area contributed by atoms with Gasteiger partial charge < -0.3 is 10.6 Å². The molecule has 1 rings (SSSR count). The highest BCUT2D eigenvalue weighted by Gasteiger charge is 2.14. The molecule has 100 valence electrons. The normalized spacial score (nSPS) is 10.4. The van der Waals surface area contributed by atoms with Crippen molar-refractivity contribution >= 4 is 11.6 Å². The van der Waals surface area contributed by atoms with Gasteiger partial charge in [0.05, 0.1) is 0 Å². The number of rotatable bonds is 5. The quantitative estimate of drug-likeness (QED) is 0.642. The minimum atomic E-state index is 0.0651. The van der Waals surface area contributed by atoms with Crippen LogP contribution in [0.4, 0.5) is 5.69 Å². The molecule has 0 spiro atoms. The molecular formula is C15H24N2O. The number of nitrogens with two attached hydrogens (primary N) is 1. The molecular weight excluding hydrogens is 224 g/mol. The van der Waals surface area contributed by atoms with Crippen molar-refractivity contribution in [3.8, 4) is 0 Å². The van der Waals surface area contributed by atoms with Crippen molar-refractivity contribution < 1.29 is 4.79 Å². The summed E-state index contributed by atoms with van der Waals surface area (Å²) in [4.78, 5) is 14.1. The van der Waals surface area contributed by atoms with Gasteiger partial charge in [-0.2, -0.15) is 0 Å². The third kappa shape index (κ3) is 3.49. The van der Waals surface area contributed by atoms with Crippen LogP contribution >= 0.6 is 0 Å². The van der Waals surface area contributed by atoms with Gasteiger partial charge in [0.2, 0.25) is 0 Å². The number of hydrogen-bond donors (Lipinski definition) is 1. The summed E-state index contributed by atoms with van der Waals surface area (Å²) in [6.45, 7) is 6.88. The van der Waals surface area contributed by atoms with Crippen LogP contribution in [0.25, 0.3) is 0 Å². The first-order valence-corrected chi connectivity index (χ1v) is 6.59. The minimum Gasteiger partial charge on any atom is -0.398 e. The second-order valence-electron chi connectivity index (χ2n) is 4.96. The van der Waals surface area contributed by atoms with Crippen molar-refractivity contribution in [2.75, 3.05) is 19.3 Å². The molecule has 0 aliphatic carbocycles. The van der Waals surface area contributed by atoms with E-state index in [9.17, 15) is 4.79 Å². The third-order valence-corrected chi connectivity index (χ3v) is 3.29. The average molecular weight is 248 g/mol. The summed E-state index contributed by atoms with van der Waals surface area (Å²) in [7, 11) is 1.85. The first-order chi connectivity index (χ1) is 8.47. The van der Waals surface area contributed by atoms with Gasteiger partial charge in [-0.1, -0.05) is 25.8 Å². The van der Waals surface area contributed by atoms with Gasteiger partial charge >= 0.3 is 0 Å². The fourth-order valence-corrected chi connectivity index (χ4v) is 2.01. The van der Waals surface area contributed by atoms with Crippen LogP contribution in [-0.4, -0.2) is 24.4 Å². The van der Waals surface area contributed by atoms with E-state index < -0.39 is 0 Å². The zero-order chi connectivity index (χ0) is 13.7. The van der Waals surface area contributed by atoms with Gasteiger partial charge in [0.1, 0.15) is 0 Å². The van der Waals surface area contributed by atoms with Gasteiger partial charge in [-0.3, -0.25) is 4.79 Å². The highest BCUT2D eigenvalue weighted by Crippen LogP contribution is 2.19. The average Bonchev–Trinajstić information content (AvgIpc) is 2.33. The number of nitrogen functional groups attached to an aromatic ring is 1. The molecule has 3 heteroatoms. The molecule has 1 amide bonds. The highest BCUT2D eigenvalue weighted by atomic mass is 16.2. The number of carbonyl (C=O) groups is 1. The Balaban J connectivity index is 2.80. The van der Waals surface area contributed by atoms with Gasteiger partial charge in [0, 0.05) is 24.8 Å². The molecule has 0 radical (unpaired) electrons. The molecule has 0 aromatic heterocycles. The van der Waals surface area contributed by atoms with Crippen LogP contribution in [0, 0.1) is 13.8 Å². The number of anilines is 1.